The summed E-state index contributed by atoms with van der Waals surface area (Å²) in [5, 5.41) is 0. The van der Waals surface area contributed by atoms with Gasteiger partial charge in [0.1, 0.15) is 0 Å². The van der Waals surface area contributed by atoms with Gasteiger partial charge in [0, 0.05) is 43.0 Å². The van der Waals surface area contributed by atoms with Crippen LogP contribution >= 0.6 is 0 Å². The molecule has 27 heavy (non-hydrogen) atoms. The van der Waals surface area contributed by atoms with E-state index in [0.717, 1.165) is 45.4 Å². The van der Waals surface area contributed by atoms with E-state index in [1.54, 1.807) is 24.3 Å². The maximum absolute atomic E-state index is 12.8. The van der Waals surface area contributed by atoms with Crippen LogP contribution in [0, 0.1) is 5.92 Å². The monoisotopic (exact) mass is 363 g/mol. The quantitative estimate of drug-likeness (QED) is 0.908. The molecular weight excluding hydrogens is 338 g/mol. The highest BCUT2D eigenvalue weighted by Gasteiger charge is 2.27. The molecule has 5 heteroatoms. The Morgan fingerprint density at radius 2 is 1.70 bits per heavy atom. The fraction of sp³-hybridized carbons (Fsp3) is 0.364. The smallest absolute Gasteiger partial charge is 0.253 e. The number of nitrogens with two attached hydrogens (primary N) is 1. The van der Waals surface area contributed by atoms with Crippen LogP contribution in [-0.4, -0.2) is 42.9 Å². The van der Waals surface area contributed by atoms with Gasteiger partial charge in [0.2, 0.25) is 5.91 Å². The molecule has 0 bridgehead atoms. The number of fused-ring (bicyclic) bond motifs is 1. The number of likely N-dealkylation sites (tertiary alicyclic amines) is 1. The molecule has 4 rings (SSSR count). The molecule has 2 heterocycles. The molecule has 2 aromatic carbocycles. The van der Waals surface area contributed by atoms with Crippen LogP contribution in [0.4, 0.5) is 5.69 Å². The predicted octanol–water partition coefficient (Wildman–Crippen LogP) is 2.70. The Morgan fingerprint density at radius 1 is 0.963 bits per heavy atom. The van der Waals surface area contributed by atoms with Crippen LogP contribution in [0.25, 0.3) is 0 Å². The van der Waals surface area contributed by atoms with Crippen LogP contribution in [0.3, 0.4) is 0 Å². The normalized spacial score (nSPS) is 17.0. The Labute approximate surface area is 159 Å². The van der Waals surface area contributed by atoms with Gasteiger partial charge in [-0.3, -0.25) is 9.59 Å². The Balaban J connectivity index is 1.35. The van der Waals surface area contributed by atoms with Crippen molar-refractivity contribution in [2.24, 2.45) is 11.7 Å². The van der Waals surface area contributed by atoms with Gasteiger partial charge in [0.25, 0.3) is 5.91 Å². The van der Waals surface area contributed by atoms with E-state index in [0.29, 0.717) is 17.0 Å². The lowest BCUT2D eigenvalue weighted by Crippen LogP contribution is -2.41. The second-order valence-electron chi connectivity index (χ2n) is 7.51. The molecule has 0 saturated carbocycles. The Morgan fingerprint density at radius 3 is 2.48 bits per heavy atom. The van der Waals surface area contributed by atoms with E-state index < -0.39 is 5.91 Å². The standard InChI is InChI=1S/C22H25N3O2/c23-21(26)18-5-3-6-19(14-18)22(27)24-11-8-16(9-12-24)15-25-13-10-17-4-1-2-7-20(17)25/h1-7,14,16H,8-13,15H2,(H2,23,26). The molecular formula is C22H25N3O2. The second-order valence-corrected chi connectivity index (χ2v) is 7.51. The van der Waals surface area contributed by atoms with Gasteiger partial charge < -0.3 is 15.5 Å². The number of carbonyl (C=O) groups is 2. The van der Waals surface area contributed by atoms with Crippen LogP contribution in [0.1, 0.15) is 39.1 Å². The zero-order valence-electron chi connectivity index (χ0n) is 15.4. The van der Waals surface area contributed by atoms with Crippen molar-refractivity contribution in [3.8, 4) is 0 Å². The van der Waals surface area contributed by atoms with Gasteiger partial charge >= 0.3 is 0 Å². The van der Waals surface area contributed by atoms with Gasteiger partial charge in [-0.05, 0) is 55.0 Å². The number of primary amides is 1. The Hall–Kier alpha value is -2.82. The Kier molecular flexibility index (Phi) is 4.84. The lowest BCUT2D eigenvalue weighted by Gasteiger charge is -2.34. The van der Waals surface area contributed by atoms with E-state index in [1.165, 1.54) is 11.3 Å². The zero-order valence-corrected chi connectivity index (χ0v) is 15.4. The average molecular weight is 363 g/mol. The molecule has 1 fully saturated rings. The summed E-state index contributed by atoms with van der Waals surface area (Å²) in [6.45, 7) is 3.69. The fourth-order valence-corrected chi connectivity index (χ4v) is 4.21. The molecule has 140 valence electrons. The first kappa shape index (κ1) is 17.6. The summed E-state index contributed by atoms with van der Waals surface area (Å²) < 4.78 is 0. The molecule has 5 nitrogen and oxygen atoms in total. The fourth-order valence-electron chi connectivity index (χ4n) is 4.21. The summed E-state index contributed by atoms with van der Waals surface area (Å²) in [7, 11) is 0. The molecule has 0 unspecified atom stereocenters. The predicted molar refractivity (Wildman–Crippen MR) is 106 cm³/mol. The first-order valence-corrected chi connectivity index (χ1v) is 9.64. The summed E-state index contributed by atoms with van der Waals surface area (Å²) >= 11 is 0. The van der Waals surface area contributed by atoms with E-state index >= 15 is 0 Å². The van der Waals surface area contributed by atoms with Crippen molar-refractivity contribution in [3.63, 3.8) is 0 Å². The number of carbonyl (C=O) groups excluding carboxylic acids is 2. The minimum Gasteiger partial charge on any atom is -0.371 e. The van der Waals surface area contributed by atoms with Crippen molar-refractivity contribution in [2.45, 2.75) is 19.3 Å². The summed E-state index contributed by atoms with van der Waals surface area (Å²) in [5.74, 6) is 0.0921. The lowest BCUT2D eigenvalue weighted by atomic mass is 9.95. The number of piperidine rings is 1. The maximum Gasteiger partial charge on any atom is 0.253 e. The van der Waals surface area contributed by atoms with Gasteiger partial charge in [0.15, 0.2) is 0 Å². The summed E-state index contributed by atoms with van der Waals surface area (Å²) in [6.07, 6.45) is 3.16. The molecule has 0 aromatic heterocycles. The first-order valence-electron chi connectivity index (χ1n) is 9.64. The van der Waals surface area contributed by atoms with E-state index in [4.69, 9.17) is 5.73 Å². The van der Waals surface area contributed by atoms with Crippen molar-refractivity contribution < 1.29 is 9.59 Å². The van der Waals surface area contributed by atoms with Crippen molar-refractivity contribution in [1.29, 1.82) is 0 Å². The number of para-hydroxylation sites is 1. The van der Waals surface area contributed by atoms with Crippen molar-refractivity contribution in [1.82, 2.24) is 4.90 Å². The van der Waals surface area contributed by atoms with E-state index in [2.05, 4.69) is 29.2 Å². The van der Waals surface area contributed by atoms with Crippen molar-refractivity contribution >= 4 is 17.5 Å². The highest BCUT2D eigenvalue weighted by Crippen LogP contribution is 2.30. The zero-order chi connectivity index (χ0) is 18.8. The van der Waals surface area contributed by atoms with Gasteiger partial charge in [0.05, 0.1) is 0 Å². The SMILES string of the molecule is NC(=O)c1cccc(C(=O)N2CCC(CN3CCc4ccccc43)CC2)c1. The number of anilines is 1. The summed E-state index contributed by atoms with van der Waals surface area (Å²) in [6, 6.07) is 15.4. The second kappa shape index (κ2) is 7.43. The Bertz CT molecular complexity index is 856. The molecule has 2 aliphatic heterocycles. The van der Waals surface area contributed by atoms with Crippen molar-refractivity contribution in [2.75, 3.05) is 31.1 Å². The van der Waals surface area contributed by atoms with Crippen LogP contribution in [0.2, 0.25) is 0 Å². The molecule has 2 aromatic rings. The average Bonchev–Trinajstić information content (AvgIpc) is 3.11. The van der Waals surface area contributed by atoms with Gasteiger partial charge in [-0.1, -0.05) is 24.3 Å². The van der Waals surface area contributed by atoms with Crippen molar-refractivity contribution in [3.05, 3.63) is 65.2 Å². The number of benzene rings is 2. The molecule has 2 amide bonds. The van der Waals surface area contributed by atoms with Crippen LogP contribution < -0.4 is 10.6 Å². The number of nitrogens with zero attached hydrogens (tertiary/aromatic N) is 2. The number of rotatable bonds is 4. The summed E-state index contributed by atoms with van der Waals surface area (Å²) in [5.41, 5.74) is 9.06. The van der Waals surface area contributed by atoms with Gasteiger partial charge in [-0.25, -0.2) is 0 Å². The number of hydrogen-bond donors (Lipinski definition) is 1. The van der Waals surface area contributed by atoms with Crippen LogP contribution in [0.15, 0.2) is 48.5 Å². The number of hydrogen-bond acceptors (Lipinski definition) is 3. The molecule has 0 spiro atoms. The minimum absolute atomic E-state index is 0.0110. The summed E-state index contributed by atoms with van der Waals surface area (Å²) in [4.78, 5) is 28.5. The largest absolute Gasteiger partial charge is 0.371 e. The van der Waals surface area contributed by atoms with Gasteiger partial charge in [-0.15, -0.1) is 0 Å². The molecule has 0 aliphatic carbocycles. The molecule has 0 atom stereocenters. The minimum atomic E-state index is -0.505. The van der Waals surface area contributed by atoms with Crippen LogP contribution in [-0.2, 0) is 6.42 Å². The van der Waals surface area contributed by atoms with Crippen LogP contribution in [0.5, 0.6) is 0 Å². The third kappa shape index (κ3) is 3.68. The number of amides is 2. The molecule has 2 aliphatic rings. The molecule has 0 radical (unpaired) electrons. The van der Waals surface area contributed by atoms with E-state index in [-0.39, 0.29) is 5.91 Å². The highest BCUT2D eigenvalue weighted by molar-refractivity contribution is 5.99. The first-order chi connectivity index (χ1) is 13.1. The third-order valence-electron chi connectivity index (χ3n) is 5.76. The van der Waals surface area contributed by atoms with Gasteiger partial charge in [-0.2, -0.15) is 0 Å². The van der Waals surface area contributed by atoms with E-state index in [1.807, 2.05) is 4.90 Å². The molecule has 1 saturated heterocycles. The van der Waals surface area contributed by atoms with E-state index in [9.17, 15) is 9.59 Å². The third-order valence-corrected chi connectivity index (χ3v) is 5.76. The maximum atomic E-state index is 12.8. The highest BCUT2D eigenvalue weighted by atomic mass is 16.2. The molecule has 2 N–H and O–H groups in total. The lowest BCUT2D eigenvalue weighted by molar-refractivity contribution is 0.0693. The topological polar surface area (TPSA) is 66.6 Å².